The molecular formula is C20H23ClN2O2. The summed E-state index contributed by atoms with van der Waals surface area (Å²) in [5, 5.41) is 0.703. The van der Waals surface area contributed by atoms with Gasteiger partial charge in [-0.25, -0.2) is 0 Å². The second kappa shape index (κ2) is 7.36. The Morgan fingerprint density at radius 1 is 1.08 bits per heavy atom. The van der Waals surface area contributed by atoms with E-state index in [1.165, 1.54) is 0 Å². The summed E-state index contributed by atoms with van der Waals surface area (Å²) in [6.45, 7) is 6.92. The minimum atomic E-state index is 0.0996. The lowest BCUT2D eigenvalue weighted by Gasteiger charge is -2.37. The Balaban J connectivity index is 1.72. The standard InChI is InChI=1S/C20H23ClN2O2/c1-14-5-4-6-16(11-14)20(24)23-9-7-22(8-10-23)18-12-15(2)17(21)13-19(18)25-3/h4-6,11-13H,7-10H2,1-3H3. The molecule has 0 aromatic heterocycles. The quantitative estimate of drug-likeness (QED) is 0.833. The molecule has 1 amide bonds. The van der Waals surface area contributed by atoms with Crippen LogP contribution in [-0.2, 0) is 0 Å². The van der Waals surface area contributed by atoms with E-state index in [1.807, 2.05) is 49.1 Å². The van der Waals surface area contributed by atoms with Crippen LogP contribution in [0, 0.1) is 13.8 Å². The molecule has 2 aromatic rings. The molecule has 0 saturated carbocycles. The number of rotatable bonds is 3. The number of hydrogen-bond donors (Lipinski definition) is 0. The Labute approximate surface area is 154 Å². The molecule has 0 N–H and O–H groups in total. The average Bonchev–Trinajstić information content (AvgIpc) is 2.63. The van der Waals surface area contributed by atoms with Gasteiger partial charge in [0, 0.05) is 42.8 Å². The third-order valence-corrected chi connectivity index (χ3v) is 5.04. The topological polar surface area (TPSA) is 32.8 Å². The largest absolute Gasteiger partial charge is 0.495 e. The predicted molar refractivity (Wildman–Crippen MR) is 102 cm³/mol. The molecule has 0 spiro atoms. The third-order valence-electron chi connectivity index (χ3n) is 4.63. The molecular weight excluding hydrogens is 336 g/mol. The summed E-state index contributed by atoms with van der Waals surface area (Å²) >= 11 is 6.20. The van der Waals surface area contributed by atoms with Gasteiger partial charge >= 0.3 is 0 Å². The number of carbonyl (C=O) groups is 1. The monoisotopic (exact) mass is 358 g/mol. The van der Waals surface area contributed by atoms with Crippen LogP contribution in [0.4, 0.5) is 5.69 Å². The molecule has 1 heterocycles. The van der Waals surface area contributed by atoms with Gasteiger partial charge in [-0.1, -0.05) is 29.3 Å². The van der Waals surface area contributed by atoms with E-state index in [0.717, 1.165) is 41.2 Å². The first-order chi connectivity index (χ1) is 12.0. The van der Waals surface area contributed by atoms with Crippen molar-refractivity contribution in [3.8, 4) is 5.75 Å². The molecule has 4 nitrogen and oxygen atoms in total. The first-order valence-corrected chi connectivity index (χ1v) is 8.82. The number of anilines is 1. The zero-order valence-electron chi connectivity index (χ0n) is 14.9. The minimum Gasteiger partial charge on any atom is -0.495 e. The summed E-state index contributed by atoms with van der Waals surface area (Å²) < 4.78 is 5.48. The number of aryl methyl sites for hydroxylation is 2. The van der Waals surface area contributed by atoms with Crippen molar-refractivity contribution in [3.05, 3.63) is 58.1 Å². The van der Waals surface area contributed by atoms with E-state index in [1.54, 1.807) is 7.11 Å². The zero-order chi connectivity index (χ0) is 18.0. The molecule has 0 radical (unpaired) electrons. The summed E-state index contributed by atoms with van der Waals surface area (Å²) in [6.07, 6.45) is 0. The van der Waals surface area contributed by atoms with Gasteiger partial charge in [-0.05, 0) is 37.6 Å². The number of amides is 1. The van der Waals surface area contributed by atoms with E-state index in [2.05, 4.69) is 11.0 Å². The summed E-state index contributed by atoms with van der Waals surface area (Å²) in [4.78, 5) is 16.9. The maximum Gasteiger partial charge on any atom is 0.253 e. The fraction of sp³-hybridized carbons (Fsp3) is 0.350. The number of carbonyl (C=O) groups excluding carboxylic acids is 1. The van der Waals surface area contributed by atoms with Gasteiger partial charge in [-0.3, -0.25) is 4.79 Å². The molecule has 0 atom stereocenters. The van der Waals surface area contributed by atoms with Crippen molar-refractivity contribution in [3.63, 3.8) is 0 Å². The SMILES string of the molecule is COc1cc(Cl)c(C)cc1N1CCN(C(=O)c2cccc(C)c2)CC1. The molecule has 0 unspecified atom stereocenters. The fourth-order valence-electron chi connectivity index (χ4n) is 3.17. The highest BCUT2D eigenvalue weighted by molar-refractivity contribution is 6.31. The van der Waals surface area contributed by atoms with Crippen molar-refractivity contribution < 1.29 is 9.53 Å². The molecule has 1 aliphatic heterocycles. The van der Waals surface area contributed by atoms with Gasteiger partial charge in [0.2, 0.25) is 0 Å². The number of piperazine rings is 1. The molecule has 1 aliphatic rings. The van der Waals surface area contributed by atoms with Crippen LogP contribution >= 0.6 is 11.6 Å². The average molecular weight is 359 g/mol. The number of benzene rings is 2. The van der Waals surface area contributed by atoms with Crippen molar-refractivity contribution >= 4 is 23.2 Å². The third kappa shape index (κ3) is 3.74. The molecule has 1 fully saturated rings. The van der Waals surface area contributed by atoms with Crippen molar-refractivity contribution in [1.82, 2.24) is 4.90 Å². The Morgan fingerprint density at radius 2 is 1.80 bits per heavy atom. The van der Waals surface area contributed by atoms with Crippen LogP contribution in [0.15, 0.2) is 36.4 Å². The molecule has 2 aromatic carbocycles. The van der Waals surface area contributed by atoms with Crippen LogP contribution in [0.5, 0.6) is 5.75 Å². The van der Waals surface area contributed by atoms with Crippen LogP contribution in [0.1, 0.15) is 21.5 Å². The lowest BCUT2D eigenvalue weighted by molar-refractivity contribution is 0.0746. The molecule has 3 rings (SSSR count). The highest BCUT2D eigenvalue weighted by atomic mass is 35.5. The summed E-state index contributed by atoms with van der Waals surface area (Å²) in [6, 6.07) is 11.7. The van der Waals surface area contributed by atoms with Crippen LogP contribution in [0.25, 0.3) is 0 Å². The molecule has 1 saturated heterocycles. The number of nitrogens with zero attached hydrogens (tertiary/aromatic N) is 2. The Hall–Kier alpha value is -2.20. The molecule has 5 heteroatoms. The first-order valence-electron chi connectivity index (χ1n) is 8.44. The van der Waals surface area contributed by atoms with E-state index in [4.69, 9.17) is 16.3 Å². The number of methoxy groups -OCH3 is 1. The highest BCUT2D eigenvalue weighted by Gasteiger charge is 2.24. The summed E-state index contributed by atoms with van der Waals surface area (Å²) in [5.41, 5.74) is 3.92. The second-order valence-corrected chi connectivity index (χ2v) is 6.83. The fourth-order valence-corrected chi connectivity index (χ4v) is 3.32. The molecule has 132 valence electrons. The van der Waals surface area contributed by atoms with E-state index in [9.17, 15) is 4.79 Å². The second-order valence-electron chi connectivity index (χ2n) is 6.42. The van der Waals surface area contributed by atoms with Crippen LogP contribution < -0.4 is 9.64 Å². The molecule has 25 heavy (non-hydrogen) atoms. The van der Waals surface area contributed by atoms with Gasteiger partial charge in [0.15, 0.2) is 0 Å². The van der Waals surface area contributed by atoms with Crippen LogP contribution in [0.3, 0.4) is 0 Å². The van der Waals surface area contributed by atoms with Gasteiger partial charge in [0.1, 0.15) is 5.75 Å². The van der Waals surface area contributed by atoms with Crippen LogP contribution in [0.2, 0.25) is 5.02 Å². The Kier molecular flexibility index (Phi) is 5.19. The summed E-state index contributed by atoms with van der Waals surface area (Å²) in [5.74, 6) is 0.872. The van der Waals surface area contributed by atoms with Crippen LogP contribution in [-0.4, -0.2) is 44.1 Å². The predicted octanol–water partition coefficient (Wildman–Crippen LogP) is 3.93. The van der Waals surface area contributed by atoms with Gasteiger partial charge < -0.3 is 14.5 Å². The molecule has 0 aliphatic carbocycles. The van der Waals surface area contributed by atoms with E-state index >= 15 is 0 Å². The first kappa shape index (κ1) is 17.6. The minimum absolute atomic E-state index is 0.0996. The maximum atomic E-state index is 12.7. The summed E-state index contributed by atoms with van der Waals surface area (Å²) in [7, 11) is 1.65. The van der Waals surface area contributed by atoms with Crippen molar-refractivity contribution in [2.24, 2.45) is 0 Å². The van der Waals surface area contributed by atoms with Gasteiger partial charge in [-0.15, -0.1) is 0 Å². The highest BCUT2D eigenvalue weighted by Crippen LogP contribution is 2.34. The van der Waals surface area contributed by atoms with E-state index in [-0.39, 0.29) is 5.91 Å². The number of halogens is 1. The Bertz CT molecular complexity index is 783. The van der Waals surface area contributed by atoms with Gasteiger partial charge in [0.25, 0.3) is 5.91 Å². The number of ether oxygens (including phenoxy) is 1. The van der Waals surface area contributed by atoms with E-state index in [0.29, 0.717) is 18.1 Å². The smallest absolute Gasteiger partial charge is 0.253 e. The van der Waals surface area contributed by atoms with Crippen molar-refractivity contribution in [1.29, 1.82) is 0 Å². The maximum absolute atomic E-state index is 12.7. The van der Waals surface area contributed by atoms with Gasteiger partial charge in [0.05, 0.1) is 12.8 Å². The number of hydrogen-bond acceptors (Lipinski definition) is 3. The van der Waals surface area contributed by atoms with E-state index < -0.39 is 0 Å². The zero-order valence-corrected chi connectivity index (χ0v) is 15.6. The lowest BCUT2D eigenvalue weighted by Crippen LogP contribution is -2.48. The van der Waals surface area contributed by atoms with Crippen molar-refractivity contribution in [2.45, 2.75) is 13.8 Å². The van der Waals surface area contributed by atoms with Crippen molar-refractivity contribution in [2.75, 3.05) is 38.2 Å². The normalized spacial score (nSPS) is 14.6. The molecule has 0 bridgehead atoms. The van der Waals surface area contributed by atoms with Gasteiger partial charge in [-0.2, -0.15) is 0 Å². The Morgan fingerprint density at radius 3 is 2.44 bits per heavy atom. The lowest BCUT2D eigenvalue weighted by atomic mass is 10.1.